The maximum atomic E-state index is 6.83. The van der Waals surface area contributed by atoms with Gasteiger partial charge in [0.2, 0.25) is 0 Å². The lowest BCUT2D eigenvalue weighted by Gasteiger charge is -2.18. The standard InChI is InChI=1S/C46H26O2/c1-2-12-28-25-29(22-21-27(28)11-1)41-31-13-3-5-15-33(31)42(34-16-6-4-14-32(34)41)30-23-24-38-40(26-30)48-45-36-18-8-7-17-35(36)43-37-19-9-10-20-39(37)47-46(43)44(38)45/h1-26H. The van der Waals surface area contributed by atoms with Crippen molar-refractivity contribution in [2.24, 2.45) is 0 Å². The van der Waals surface area contributed by atoms with Crippen LogP contribution >= 0.6 is 0 Å². The summed E-state index contributed by atoms with van der Waals surface area (Å²) in [7, 11) is 0. The van der Waals surface area contributed by atoms with E-state index >= 15 is 0 Å². The summed E-state index contributed by atoms with van der Waals surface area (Å²) >= 11 is 0. The molecule has 0 bridgehead atoms. The fraction of sp³-hybridized carbons (Fsp3) is 0. The van der Waals surface area contributed by atoms with Gasteiger partial charge in [0.1, 0.15) is 22.3 Å². The molecule has 0 saturated carbocycles. The van der Waals surface area contributed by atoms with Crippen molar-refractivity contribution in [1.29, 1.82) is 0 Å². The third kappa shape index (κ3) is 3.46. The Morgan fingerprint density at radius 1 is 0.292 bits per heavy atom. The first kappa shape index (κ1) is 25.8. The van der Waals surface area contributed by atoms with E-state index in [1.165, 1.54) is 49.0 Å². The van der Waals surface area contributed by atoms with Gasteiger partial charge in [0.25, 0.3) is 0 Å². The molecule has 0 aliphatic carbocycles. The number of rotatable bonds is 2. The molecule has 0 aliphatic heterocycles. The molecule has 222 valence electrons. The van der Waals surface area contributed by atoms with E-state index in [-0.39, 0.29) is 0 Å². The molecular formula is C46H26O2. The smallest absolute Gasteiger partial charge is 0.147 e. The highest BCUT2D eigenvalue weighted by molar-refractivity contribution is 6.34. The van der Waals surface area contributed by atoms with Gasteiger partial charge in [-0.2, -0.15) is 0 Å². The Balaban J connectivity index is 1.22. The topological polar surface area (TPSA) is 26.3 Å². The molecule has 2 aromatic heterocycles. The number of furan rings is 2. The summed E-state index contributed by atoms with van der Waals surface area (Å²) in [5.74, 6) is 0. The van der Waals surface area contributed by atoms with Crippen molar-refractivity contribution < 1.29 is 8.83 Å². The molecule has 9 aromatic carbocycles. The van der Waals surface area contributed by atoms with Crippen molar-refractivity contribution in [3.63, 3.8) is 0 Å². The number of para-hydroxylation sites is 1. The second-order valence-electron chi connectivity index (χ2n) is 12.8. The first-order valence-electron chi connectivity index (χ1n) is 16.4. The van der Waals surface area contributed by atoms with Crippen LogP contribution in [0.25, 0.3) is 109 Å². The fourth-order valence-corrected chi connectivity index (χ4v) is 8.15. The Bertz CT molecular complexity index is 3060. The fourth-order valence-electron chi connectivity index (χ4n) is 8.15. The number of hydrogen-bond donors (Lipinski definition) is 0. The minimum atomic E-state index is 0.854. The maximum absolute atomic E-state index is 6.83. The summed E-state index contributed by atoms with van der Waals surface area (Å²) in [6.07, 6.45) is 0. The Morgan fingerprint density at radius 2 is 0.792 bits per heavy atom. The van der Waals surface area contributed by atoms with Crippen LogP contribution < -0.4 is 0 Å². The molecule has 2 nitrogen and oxygen atoms in total. The SMILES string of the molecule is c1ccc2cc(-c3c4ccccc4c(-c4ccc5c(c4)oc4c6ccccc6c6c7ccccc7oc6c54)c4ccccc34)ccc2c1. The van der Waals surface area contributed by atoms with Crippen LogP contribution in [0.3, 0.4) is 0 Å². The quantitative estimate of drug-likeness (QED) is 0.182. The zero-order chi connectivity index (χ0) is 31.3. The van der Waals surface area contributed by atoms with Crippen molar-refractivity contribution in [2.45, 2.75) is 0 Å². The maximum Gasteiger partial charge on any atom is 0.147 e. The summed E-state index contributed by atoms with van der Waals surface area (Å²) < 4.78 is 13.4. The molecule has 0 aliphatic rings. The Hall–Kier alpha value is -6.38. The summed E-state index contributed by atoms with van der Waals surface area (Å²) in [6.45, 7) is 0. The summed E-state index contributed by atoms with van der Waals surface area (Å²) in [5, 5.41) is 14.0. The van der Waals surface area contributed by atoms with Gasteiger partial charge in [0.15, 0.2) is 0 Å². The molecule has 2 heteroatoms. The molecule has 2 heterocycles. The van der Waals surface area contributed by atoms with E-state index in [0.29, 0.717) is 0 Å². The normalized spacial score (nSPS) is 12.2. The van der Waals surface area contributed by atoms with E-state index in [2.05, 4.69) is 146 Å². The van der Waals surface area contributed by atoms with Gasteiger partial charge in [0, 0.05) is 21.5 Å². The molecule has 11 rings (SSSR count). The summed E-state index contributed by atoms with van der Waals surface area (Å²) in [4.78, 5) is 0. The molecule has 0 radical (unpaired) electrons. The molecule has 0 amide bonds. The van der Waals surface area contributed by atoms with Gasteiger partial charge in [-0.15, -0.1) is 0 Å². The highest BCUT2D eigenvalue weighted by atomic mass is 16.3. The third-order valence-electron chi connectivity index (χ3n) is 10.2. The van der Waals surface area contributed by atoms with Crippen LogP contribution in [0.5, 0.6) is 0 Å². The van der Waals surface area contributed by atoms with Crippen LogP contribution in [-0.4, -0.2) is 0 Å². The first-order chi connectivity index (χ1) is 23.8. The molecule has 0 unspecified atom stereocenters. The lowest BCUT2D eigenvalue weighted by Crippen LogP contribution is -1.91. The predicted molar refractivity (Wildman–Crippen MR) is 202 cm³/mol. The van der Waals surface area contributed by atoms with Gasteiger partial charge in [-0.3, -0.25) is 0 Å². The molecular weight excluding hydrogens is 585 g/mol. The third-order valence-corrected chi connectivity index (χ3v) is 10.2. The largest absolute Gasteiger partial charge is 0.455 e. The Labute approximate surface area is 275 Å². The molecule has 0 fully saturated rings. The average molecular weight is 611 g/mol. The molecule has 0 N–H and O–H groups in total. The van der Waals surface area contributed by atoms with Crippen LogP contribution in [0.15, 0.2) is 167 Å². The highest BCUT2D eigenvalue weighted by Crippen LogP contribution is 2.48. The Morgan fingerprint density at radius 3 is 1.50 bits per heavy atom. The lowest BCUT2D eigenvalue weighted by atomic mass is 9.85. The van der Waals surface area contributed by atoms with Gasteiger partial charge in [0.05, 0.1) is 5.39 Å². The second kappa shape index (κ2) is 9.57. The number of fused-ring (bicyclic) bond motifs is 13. The van der Waals surface area contributed by atoms with Crippen LogP contribution in [0.1, 0.15) is 0 Å². The van der Waals surface area contributed by atoms with Gasteiger partial charge in [-0.1, -0.05) is 133 Å². The van der Waals surface area contributed by atoms with E-state index < -0.39 is 0 Å². The van der Waals surface area contributed by atoms with Gasteiger partial charge >= 0.3 is 0 Å². The minimum Gasteiger partial charge on any atom is -0.455 e. The van der Waals surface area contributed by atoms with E-state index in [1.54, 1.807) is 0 Å². The van der Waals surface area contributed by atoms with Crippen molar-refractivity contribution in [2.75, 3.05) is 0 Å². The van der Waals surface area contributed by atoms with Gasteiger partial charge in [-0.05, 0) is 84.2 Å². The van der Waals surface area contributed by atoms with Crippen molar-refractivity contribution in [1.82, 2.24) is 0 Å². The van der Waals surface area contributed by atoms with Crippen molar-refractivity contribution in [3.05, 3.63) is 158 Å². The van der Waals surface area contributed by atoms with E-state index in [0.717, 1.165) is 60.2 Å². The molecule has 48 heavy (non-hydrogen) atoms. The highest BCUT2D eigenvalue weighted by Gasteiger charge is 2.22. The molecule has 0 saturated heterocycles. The van der Waals surface area contributed by atoms with E-state index in [1.807, 2.05) is 12.1 Å². The zero-order valence-electron chi connectivity index (χ0n) is 25.8. The number of benzene rings is 9. The molecule has 11 aromatic rings. The van der Waals surface area contributed by atoms with Crippen LogP contribution in [0.2, 0.25) is 0 Å². The second-order valence-corrected chi connectivity index (χ2v) is 12.8. The Kier molecular flexibility index (Phi) is 5.14. The summed E-state index contributed by atoms with van der Waals surface area (Å²) in [6, 6.07) is 56.6. The van der Waals surface area contributed by atoms with Crippen LogP contribution in [0, 0.1) is 0 Å². The van der Waals surface area contributed by atoms with Gasteiger partial charge < -0.3 is 8.83 Å². The predicted octanol–water partition coefficient (Wildman–Crippen LogP) is 13.4. The monoisotopic (exact) mass is 610 g/mol. The molecule has 0 atom stereocenters. The van der Waals surface area contributed by atoms with Crippen LogP contribution in [0.4, 0.5) is 0 Å². The molecule has 0 spiro atoms. The number of hydrogen-bond acceptors (Lipinski definition) is 2. The lowest BCUT2D eigenvalue weighted by molar-refractivity contribution is 0.665. The van der Waals surface area contributed by atoms with E-state index in [9.17, 15) is 0 Å². The van der Waals surface area contributed by atoms with Crippen LogP contribution in [-0.2, 0) is 0 Å². The average Bonchev–Trinajstić information content (AvgIpc) is 3.72. The zero-order valence-corrected chi connectivity index (χ0v) is 25.8. The van der Waals surface area contributed by atoms with Crippen molar-refractivity contribution >= 4 is 87.0 Å². The minimum absolute atomic E-state index is 0.854. The van der Waals surface area contributed by atoms with Crippen molar-refractivity contribution in [3.8, 4) is 22.3 Å². The van der Waals surface area contributed by atoms with Gasteiger partial charge in [-0.25, -0.2) is 0 Å². The summed E-state index contributed by atoms with van der Waals surface area (Å²) in [5.41, 5.74) is 8.32. The first-order valence-corrected chi connectivity index (χ1v) is 16.4. The van der Waals surface area contributed by atoms with E-state index in [4.69, 9.17) is 8.83 Å².